The lowest BCUT2D eigenvalue weighted by Crippen LogP contribution is -2.28. The summed E-state index contributed by atoms with van der Waals surface area (Å²) in [7, 11) is 7.96. The van der Waals surface area contributed by atoms with Gasteiger partial charge in [0.25, 0.3) is 0 Å². The largest absolute Gasteiger partial charge is 0.319 e. The Hall–Kier alpha value is -0.580. The lowest BCUT2D eigenvalue weighted by molar-refractivity contribution is 0.349. The first-order valence-corrected chi connectivity index (χ1v) is 4.60. The Bertz CT molecular complexity index is 136. The van der Waals surface area contributed by atoms with Gasteiger partial charge in [0, 0.05) is 39.9 Å². The van der Waals surface area contributed by atoms with Crippen LogP contribution in [0, 0.1) is 0 Å². The third-order valence-corrected chi connectivity index (χ3v) is 1.84. The van der Waals surface area contributed by atoms with Crippen molar-refractivity contribution in [2.24, 2.45) is 0 Å². The van der Waals surface area contributed by atoms with E-state index in [4.69, 9.17) is 0 Å². The molecule has 0 aliphatic heterocycles. The molecule has 78 valence electrons. The van der Waals surface area contributed by atoms with Gasteiger partial charge in [-0.15, -0.1) is 0 Å². The predicted molar refractivity (Wildman–Crippen MR) is 57.4 cm³/mol. The summed E-state index contributed by atoms with van der Waals surface area (Å²) in [5, 5.41) is 5.04. The van der Waals surface area contributed by atoms with Crippen LogP contribution in [0.5, 0.6) is 0 Å². The zero-order chi connectivity index (χ0) is 10.1. The molecule has 4 heteroatoms. The van der Waals surface area contributed by atoms with Gasteiger partial charge >= 0.3 is 0 Å². The zero-order valence-corrected chi connectivity index (χ0v) is 9.17. The number of hydrogen-bond acceptors (Lipinski definition) is 4. The van der Waals surface area contributed by atoms with Gasteiger partial charge in [-0.3, -0.25) is 0 Å². The van der Waals surface area contributed by atoms with Gasteiger partial charge < -0.3 is 15.2 Å². The highest BCUT2D eigenvalue weighted by molar-refractivity contribution is 4.81. The smallest absolute Gasteiger partial charge is 0.0225 e. The van der Waals surface area contributed by atoms with Crippen molar-refractivity contribution in [3.05, 3.63) is 12.3 Å². The van der Waals surface area contributed by atoms with Gasteiger partial charge in [-0.2, -0.15) is 0 Å². The maximum atomic E-state index is 3.12. The summed E-state index contributed by atoms with van der Waals surface area (Å²) in [5.41, 5.74) is 3.00. The molecule has 13 heavy (non-hydrogen) atoms. The van der Waals surface area contributed by atoms with Crippen LogP contribution >= 0.6 is 0 Å². The van der Waals surface area contributed by atoms with E-state index in [0.29, 0.717) is 0 Å². The summed E-state index contributed by atoms with van der Waals surface area (Å²) in [5.74, 6) is 0. The van der Waals surface area contributed by atoms with E-state index >= 15 is 0 Å². The maximum Gasteiger partial charge on any atom is 0.0225 e. The van der Waals surface area contributed by atoms with E-state index in [1.165, 1.54) is 0 Å². The summed E-state index contributed by atoms with van der Waals surface area (Å²) in [6.07, 6.45) is 4.15. The van der Waals surface area contributed by atoms with Gasteiger partial charge in [0.15, 0.2) is 0 Å². The summed E-state index contributed by atoms with van der Waals surface area (Å²) in [4.78, 5) is 2.26. The van der Waals surface area contributed by atoms with Crippen molar-refractivity contribution >= 4 is 0 Å². The molecule has 0 fully saturated rings. The molecular weight excluding hydrogens is 164 g/mol. The minimum atomic E-state index is 0.980. The van der Waals surface area contributed by atoms with Gasteiger partial charge in [-0.05, 0) is 14.1 Å². The Balaban J connectivity index is 3.44. The number of hydrogen-bond donors (Lipinski definition) is 2. The number of hydrazine groups is 1. The Morgan fingerprint density at radius 1 is 1.23 bits per heavy atom. The van der Waals surface area contributed by atoms with E-state index in [2.05, 4.69) is 28.8 Å². The van der Waals surface area contributed by atoms with E-state index < -0.39 is 0 Å². The maximum absolute atomic E-state index is 3.12. The summed E-state index contributed by atoms with van der Waals surface area (Å²) in [6.45, 7) is 3.09. The quantitative estimate of drug-likeness (QED) is 0.535. The fraction of sp³-hybridized carbons (Fsp3) is 0.778. The summed E-state index contributed by atoms with van der Waals surface area (Å²) < 4.78 is 0. The van der Waals surface area contributed by atoms with Crippen molar-refractivity contribution in [3.8, 4) is 0 Å². The molecule has 0 unspecified atom stereocenters. The summed E-state index contributed by atoms with van der Waals surface area (Å²) >= 11 is 0. The van der Waals surface area contributed by atoms with Gasteiger partial charge in [0.05, 0.1) is 0 Å². The molecular formula is C9H22N4. The first kappa shape index (κ1) is 12.4. The minimum absolute atomic E-state index is 0.980. The van der Waals surface area contributed by atoms with Crippen LogP contribution in [0.1, 0.15) is 0 Å². The SMILES string of the molecule is CNCCN(C)C/C=C/N(C)NC. The molecule has 0 rings (SSSR count). The fourth-order valence-electron chi connectivity index (χ4n) is 0.854. The van der Waals surface area contributed by atoms with Crippen molar-refractivity contribution in [3.63, 3.8) is 0 Å². The number of likely N-dealkylation sites (N-methyl/N-ethyl adjacent to an activating group) is 2. The number of nitrogens with zero attached hydrogens (tertiary/aromatic N) is 2. The standard InChI is InChI=1S/C9H22N4/c1-10-6-9-12(3)7-5-8-13(4)11-2/h5,8,10-11H,6-7,9H2,1-4H3/b8-5+. The highest BCUT2D eigenvalue weighted by atomic mass is 15.5. The molecule has 0 saturated heterocycles. The molecule has 0 atom stereocenters. The lowest BCUT2D eigenvalue weighted by Gasteiger charge is -2.15. The number of nitrogens with one attached hydrogen (secondary N) is 2. The monoisotopic (exact) mass is 186 g/mol. The van der Waals surface area contributed by atoms with E-state index in [-0.39, 0.29) is 0 Å². The van der Waals surface area contributed by atoms with Gasteiger partial charge in [0.2, 0.25) is 0 Å². The van der Waals surface area contributed by atoms with Crippen LogP contribution < -0.4 is 10.7 Å². The molecule has 0 spiro atoms. The molecule has 0 aromatic heterocycles. The van der Waals surface area contributed by atoms with Crippen molar-refractivity contribution in [1.82, 2.24) is 20.7 Å². The molecule has 0 aliphatic rings. The third kappa shape index (κ3) is 7.77. The second-order valence-electron chi connectivity index (χ2n) is 3.09. The Labute approximate surface area is 81.6 Å². The third-order valence-electron chi connectivity index (χ3n) is 1.84. The lowest BCUT2D eigenvalue weighted by atomic mass is 10.5. The first-order valence-electron chi connectivity index (χ1n) is 4.60. The normalized spacial score (nSPS) is 11.5. The average Bonchev–Trinajstić information content (AvgIpc) is 2.14. The molecule has 0 aromatic carbocycles. The van der Waals surface area contributed by atoms with Crippen LogP contribution in [0.25, 0.3) is 0 Å². The van der Waals surface area contributed by atoms with Crippen LogP contribution in [0.3, 0.4) is 0 Å². The molecule has 0 aliphatic carbocycles. The highest BCUT2D eigenvalue weighted by Gasteiger charge is 1.92. The van der Waals surface area contributed by atoms with Gasteiger partial charge in [-0.25, -0.2) is 5.43 Å². The molecule has 0 bridgehead atoms. The molecule has 0 heterocycles. The van der Waals surface area contributed by atoms with E-state index in [1.807, 2.05) is 32.4 Å². The second-order valence-corrected chi connectivity index (χ2v) is 3.09. The van der Waals surface area contributed by atoms with Crippen LogP contribution in [0.4, 0.5) is 0 Å². The highest BCUT2D eigenvalue weighted by Crippen LogP contribution is 1.83. The molecule has 4 nitrogen and oxygen atoms in total. The number of rotatable bonds is 7. The molecule has 2 N–H and O–H groups in total. The Morgan fingerprint density at radius 2 is 1.92 bits per heavy atom. The van der Waals surface area contributed by atoms with Crippen LogP contribution in [0.15, 0.2) is 12.3 Å². The van der Waals surface area contributed by atoms with E-state index in [1.54, 1.807) is 0 Å². The van der Waals surface area contributed by atoms with Gasteiger partial charge in [-0.1, -0.05) is 6.08 Å². The summed E-state index contributed by atoms with van der Waals surface area (Å²) in [6, 6.07) is 0. The molecule has 0 amide bonds. The second kappa shape index (κ2) is 8.04. The van der Waals surface area contributed by atoms with Crippen molar-refractivity contribution in [2.45, 2.75) is 0 Å². The van der Waals surface area contributed by atoms with E-state index in [0.717, 1.165) is 19.6 Å². The molecule has 0 saturated carbocycles. The van der Waals surface area contributed by atoms with Crippen LogP contribution in [-0.4, -0.2) is 57.7 Å². The Kier molecular flexibility index (Phi) is 7.68. The van der Waals surface area contributed by atoms with Crippen molar-refractivity contribution in [2.75, 3.05) is 47.8 Å². The Morgan fingerprint density at radius 3 is 2.46 bits per heavy atom. The average molecular weight is 186 g/mol. The fourth-order valence-corrected chi connectivity index (χ4v) is 0.854. The first-order chi connectivity index (χ1) is 6.20. The van der Waals surface area contributed by atoms with Crippen molar-refractivity contribution < 1.29 is 0 Å². The van der Waals surface area contributed by atoms with Gasteiger partial charge in [0.1, 0.15) is 0 Å². The minimum Gasteiger partial charge on any atom is -0.319 e. The molecule has 0 radical (unpaired) electrons. The van der Waals surface area contributed by atoms with Crippen molar-refractivity contribution in [1.29, 1.82) is 0 Å². The zero-order valence-electron chi connectivity index (χ0n) is 9.17. The topological polar surface area (TPSA) is 30.5 Å². The predicted octanol–water partition coefficient (Wildman–Crippen LogP) is -0.282. The van der Waals surface area contributed by atoms with Crippen LogP contribution in [0.2, 0.25) is 0 Å². The van der Waals surface area contributed by atoms with Crippen LogP contribution in [-0.2, 0) is 0 Å². The van der Waals surface area contributed by atoms with E-state index in [9.17, 15) is 0 Å². The molecule has 0 aromatic rings.